The number of hydrogen-bond acceptors (Lipinski definition) is 4. The van der Waals surface area contributed by atoms with Gasteiger partial charge >= 0.3 is 0 Å². The fourth-order valence-electron chi connectivity index (χ4n) is 3.58. The molecule has 2 unspecified atom stereocenters. The van der Waals surface area contributed by atoms with Crippen LogP contribution >= 0.6 is 0 Å². The van der Waals surface area contributed by atoms with Gasteiger partial charge in [-0.15, -0.1) is 0 Å². The van der Waals surface area contributed by atoms with E-state index in [2.05, 4.69) is 19.2 Å². The Morgan fingerprint density at radius 1 is 1.28 bits per heavy atom. The Balaban J connectivity index is 2.30. The van der Waals surface area contributed by atoms with E-state index in [0.29, 0.717) is 6.54 Å². The number of sulfone groups is 1. The van der Waals surface area contributed by atoms with Crippen molar-refractivity contribution in [2.45, 2.75) is 62.4 Å². The fraction of sp³-hybridized carbons (Fsp3) is 1.00. The molecule has 1 aliphatic heterocycles. The molecular formula is C13H25NO3S. The SMILES string of the molecule is CCC1(CC)CNCC2(CCCC2S(C)(=O)=O)O1. The molecule has 0 aromatic carbocycles. The third-order valence-corrected chi connectivity index (χ3v) is 6.45. The maximum atomic E-state index is 12.0. The summed E-state index contributed by atoms with van der Waals surface area (Å²) in [5, 5.41) is 3.09. The third-order valence-electron chi connectivity index (χ3n) is 4.75. The summed E-state index contributed by atoms with van der Waals surface area (Å²) in [5.74, 6) is 0. The number of rotatable bonds is 3. The Labute approximate surface area is 110 Å². The second-order valence-corrected chi connectivity index (χ2v) is 8.10. The molecule has 1 spiro atoms. The lowest BCUT2D eigenvalue weighted by molar-refractivity contribution is -0.176. The van der Waals surface area contributed by atoms with Gasteiger partial charge in [-0.05, 0) is 32.1 Å². The second-order valence-electron chi connectivity index (χ2n) is 5.87. The Bertz CT molecular complexity index is 402. The molecular weight excluding hydrogens is 250 g/mol. The van der Waals surface area contributed by atoms with Crippen LogP contribution in [0.3, 0.4) is 0 Å². The van der Waals surface area contributed by atoms with E-state index in [1.807, 2.05) is 0 Å². The minimum absolute atomic E-state index is 0.189. The summed E-state index contributed by atoms with van der Waals surface area (Å²) in [6.07, 6.45) is 5.75. The van der Waals surface area contributed by atoms with Gasteiger partial charge in [-0.1, -0.05) is 13.8 Å². The van der Waals surface area contributed by atoms with Crippen LogP contribution in [-0.4, -0.2) is 44.2 Å². The van der Waals surface area contributed by atoms with E-state index in [1.165, 1.54) is 6.26 Å². The average molecular weight is 275 g/mol. The molecule has 106 valence electrons. The molecule has 0 aromatic rings. The van der Waals surface area contributed by atoms with Crippen LogP contribution in [0, 0.1) is 0 Å². The highest BCUT2D eigenvalue weighted by Gasteiger charge is 2.54. The largest absolute Gasteiger partial charge is 0.365 e. The Kier molecular flexibility index (Phi) is 3.78. The van der Waals surface area contributed by atoms with Gasteiger partial charge in [-0.3, -0.25) is 0 Å². The number of nitrogens with one attached hydrogen (secondary N) is 1. The first-order chi connectivity index (χ1) is 8.37. The standard InChI is InChI=1S/C13H25NO3S/c1-4-12(5-2)9-14-10-13(17-12)8-6-7-11(13)18(3,15)16/h11,14H,4-10H2,1-3H3. The summed E-state index contributed by atoms with van der Waals surface area (Å²) in [7, 11) is -3.04. The molecule has 2 fully saturated rings. The van der Waals surface area contributed by atoms with Crippen LogP contribution < -0.4 is 5.32 Å². The number of hydrogen-bond donors (Lipinski definition) is 1. The van der Waals surface area contributed by atoms with E-state index >= 15 is 0 Å². The van der Waals surface area contributed by atoms with Gasteiger partial charge in [-0.25, -0.2) is 8.42 Å². The lowest BCUT2D eigenvalue weighted by atomic mass is 9.90. The van der Waals surface area contributed by atoms with Gasteiger partial charge in [-0.2, -0.15) is 0 Å². The zero-order valence-corrected chi connectivity index (χ0v) is 12.5. The molecule has 1 N–H and O–H groups in total. The highest BCUT2D eigenvalue weighted by molar-refractivity contribution is 7.91. The molecule has 0 amide bonds. The van der Waals surface area contributed by atoms with Gasteiger partial charge < -0.3 is 10.1 Å². The molecule has 0 radical (unpaired) electrons. The molecule has 0 aromatic heterocycles. The summed E-state index contributed by atoms with van der Waals surface area (Å²) in [6.45, 7) is 5.74. The van der Waals surface area contributed by atoms with Gasteiger partial charge in [0, 0.05) is 19.3 Å². The molecule has 18 heavy (non-hydrogen) atoms. The van der Waals surface area contributed by atoms with Gasteiger partial charge in [0.2, 0.25) is 0 Å². The van der Waals surface area contributed by atoms with E-state index in [0.717, 1.165) is 38.6 Å². The van der Waals surface area contributed by atoms with Crippen molar-refractivity contribution >= 4 is 9.84 Å². The highest BCUT2D eigenvalue weighted by atomic mass is 32.2. The summed E-state index contributed by atoms with van der Waals surface area (Å²) < 4.78 is 30.4. The molecule has 1 saturated carbocycles. The minimum Gasteiger partial charge on any atom is -0.365 e. The topological polar surface area (TPSA) is 55.4 Å². The van der Waals surface area contributed by atoms with Crippen LogP contribution in [-0.2, 0) is 14.6 Å². The molecule has 1 heterocycles. The van der Waals surface area contributed by atoms with Crippen LogP contribution in [0.1, 0.15) is 46.0 Å². The van der Waals surface area contributed by atoms with Crippen molar-refractivity contribution in [2.75, 3.05) is 19.3 Å². The van der Waals surface area contributed by atoms with Crippen molar-refractivity contribution in [1.82, 2.24) is 5.32 Å². The third kappa shape index (κ3) is 2.32. The van der Waals surface area contributed by atoms with Crippen LogP contribution in [0.25, 0.3) is 0 Å². The quantitative estimate of drug-likeness (QED) is 0.848. The maximum Gasteiger partial charge on any atom is 0.153 e. The molecule has 5 heteroatoms. The van der Waals surface area contributed by atoms with E-state index in [-0.39, 0.29) is 10.9 Å². The Hall–Kier alpha value is -0.130. The first-order valence-electron chi connectivity index (χ1n) is 6.97. The van der Waals surface area contributed by atoms with Crippen molar-refractivity contribution in [2.24, 2.45) is 0 Å². The summed E-state index contributed by atoms with van der Waals surface area (Å²) >= 11 is 0. The highest BCUT2D eigenvalue weighted by Crippen LogP contribution is 2.43. The van der Waals surface area contributed by atoms with E-state index in [9.17, 15) is 8.42 Å². The van der Waals surface area contributed by atoms with Crippen molar-refractivity contribution in [3.05, 3.63) is 0 Å². The van der Waals surface area contributed by atoms with Crippen molar-refractivity contribution in [3.8, 4) is 0 Å². The number of morpholine rings is 1. The second kappa shape index (κ2) is 4.76. The van der Waals surface area contributed by atoms with Crippen LogP contribution in [0.15, 0.2) is 0 Å². The van der Waals surface area contributed by atoms with Crippen molar-refractivity contribution in [1.29, 1.82) is 0 Å². The molecule has 0 bridgehead atoms. The molecule has 1 aliphatic carbocycles. The molecule has 2 rings (SSSR count). The molecule has 4 nitrogen and oxygen atoms in total. The smallest absolute Gasteiger partial charge is 0.153 e. The zero-order chi connectivity index (χ0) is 13.4. The van der Waals surface area contributed by atoms with Crippen molar-refractivity contribution < 1.29 is 13.2 Å². The Morgan fingerprint density at radius 3 is 2.50 bits per heavy atom. The lowest BCUT2D eigenvalue weighted by Crippen LogP contribution is -2.64. The van der Waals surface area contributed by atoms with E-state index in [1.54, 1.807) is 0 Å². The lowest BCUT2D eigenvalue weighted by Gasteiger charge is -2.49. The summed E-state index contributed by atoms with van der Waals surface area (Å²) in [6, 6.07) is 0. The molecule has 2 aliphatic rings. The van der Waals surface area contributed by atoms with E-state index in [4.69, 9.17) is 4.74 Å². The normalized spacial score (nSPS) is 36.1. The van der Waals surface area contributed by atoms with Crippen LogP contribution in [0.2, 0.25) is 0 Å². The van der Waals surface area contributed by atoms with E-state index < -0.39 is 15.4 Å². The maximum absolute atomic E-state index is 12.0. The van der Waals surface area contributed by atoms with Crippen LogP contribution in [0.5, 0.6) is 0 Å². The van der Waals surface area contributed by atoms with Gasteiger partial charge in [0.1, 0.15) is 0 Å². The number of ether oxygens (including phenoxy) is 1. The summed E-state index contributed by atoms with van der Waals surface area (Å²) in [4.78, 5) is 0. The Morgan fingerprint density at radius 2 is 1.94 bits per heavy atom. The van der Waals surface area contributed by atoms with Gasteiger partial charge in [0.05, 0.1) is 16.5 Å². The van der Waals surface area contributed by atoms with Crippen molar-refractivity contribution in [3.63, 3.8) is 0 Å². The monoisotopic (exact) mass is 275 g/mol. The first kappa shape index (κ1) is 14.3. The fourth-order valence-corrected chi connectivity index (χ4v) is 5.21. The average Bonchev–Trinajstić information content (AvgIpc) is 2.72. The molecule has 2 atom stereocenters. The minimum atomic E-state index is -3.04. The predicted molar refractivity (Wildman–Crippen MR) is 72.5 cm³/mol. The first-order valence-corrected chi connectivity index (χ1v) is 8.93. The zero-order valence-electron chi connectivity index (χ0n) is 11.7. The van der Waals surface area contributed by atoms with Crippen LogP contribution in [0.4, 0.5) is 0 Å². The summed E-state index contributed by atoms with van der Waals surface area (Å²) in [5.41, 5.74) is -0.677. The van der Waals surface area contributed by atoms with Gasteiger partial charge in [0.25, 0.3) is 0 Å². The predicted octanol–water partition coefficient (Wildman–Crippen LogP) is 1.50. The molecule has 1 saturated heterocycles. The van der Waals surface area contributed by atoms with Gasteiger partial charge in [0.15, 0.2) is 9.84 Å².